The summed E-state index contributed by atoms with van der Waals surface area (Å²) in [5.74, 6) is -0.784. The summed E-state index contributed by atoms with van der Waals surface area (Å²) in [4.78, 5) is 37.7. The van der Waals surface area contributed by atoms with Crippen LogP contribution in [-0.4, -0.2) is 29.8 Å². The molecule has 1 fully saturated rings. The number of carbonyl (C=O) groups excluding carboxylic acids is 3. The van der Waals surface area contributed by atoms with Gasteiger partial charge in [-0.1, -0.05) is 46.8 Å². The lowest BCUT2D eigenvalue weighted by molar-refractivity contribution is -0.118. The number of amides is 3. The summed E-state index contributed by atoms with van der Waals surface area (Å²) >= 11 is 0. The molecule has 2 aromatic carbocycles. The molecule has 1 aliphatic carbocycles. The molecule has 32 heavy (non-hydrogen) atoms. The van der Waals surface area contributed by atoms with Crippen LogP contribution in [0.2, 0.25) is 0 Å². The second-order valence-corrected chi connectivity index (χ2v) is 9.84. The van der Waals surface area contributed by atoms with Crippen LogP contribution in [-0.2, 0) is 10.2 Å². The first-order chi connectivity index (χ1) is 15.0. The molecule has 0 aliphatic heterocycles. The zero-order chi connectivity index (χ0) is 23.5. The van der Waals surface area contributed by atoms with Gasteiger partial charge in [-0.15, -0.1) is 0 Å². The van der Waals surface area contributed by atoms with Gasteiger partial charge >= 0.3 is 0 Å². The Morgan fingerprint density at radius 2 is 1.38 bits per heavy atom. The van der Waals surface area contributed by atoms with Crippen molar-refractivity contribution in [3.05, 3.63) is 65.2 Å². The van der Waals surface area contributed by atoms with Gasteiger partial charge in [0.2, 0.25) is 5.91 Å². The molecule has 1 atom stereocenters. The Balaban J connectivity index is 1.62. The van der Waals surface area contributed by atoms with E-state index in [-0.39, 0.29) is 29.1 Å². The third-order valence-corrected chi connectivity index (χ3v) is 5.58. The average molecular weight is 436 g/mol. The molecule has 3 rings (SSSR count). The Morgan fingerprint density at radius 3 is 1.88 bits per heavy atom. The van der Waals surface area contributed by atoms with E-state index >= 15 is 0 Å². The van der Waals surface area contributed by atoms with E-state index in [1.165, 1.54) is 0 Å². The molecular formula is C26H33N3O3. The van der Waals surface area contributed by atoms with E-state index in [0.717, 1.165) is 18.4 Å². The number of hydrogen-bond donors (Lipinski definition) is 3. The summed E-state index contributed by atoms with van der Waals surface area (Å²) in [6.07, 6.45) is 2.06. The van der Waals surface area contributed by atoms with Crippen LogP contribution in [0.3, 0.4) is 0 Å². The lowest BCUT2D eigenvalue weighted by atomic mass is 9.86. The number of carbonyl (C=O) groups is 3. The highest BCUT2D eigenvalue weighted by molar-refractivity contribution is 6.01. The zero-order valence-corrected chi connectivity index (χ0v) is 19.5. The van der Waals surface area contributed by atoms with Gasteiger partial charge in [0.05, 0.1) is 0 Å². The summed E-state index contributed by atoms with van der Waals surface area (Å²) in [5, 5.41) is 8.64. The third kappa shape index (κ3) is 6.19. The fourth-order valence-electron chi connectivity index (χ4n) is 3.30. The molecule has 170 valence electrons. The van der Waals surface area contributed by atoms with Crippen molar-refractivity contribution in [2.24, 2.45) is 5.92 Å². The van der Waals surface area contributed by atoms with Crippen molar-refractivity contribution >= 4 is 23.4 Å². The first kappa shape index (κ1) is 23.5. The molecule has 2 aromatic rings. The van der Waals surface area contributed by atoms with E-state index in [4.69, 9.17) is 0 Å². The zero-order valence-electron chi connectivity index (χ0n) is 19.5. The van der Waals surface area contributed by atoms with Crippen LogP contribution in [0.25, 0.3) is 0 Å². The molecular weight excluding hydrogens is 402 g/mol. The predicted octanol–water partition coefficient (Wildman–Crippen LogP) is 4.27. The smallest absolute Gasteiger partial charge is 0.251 e. The van der Waals surface area contributed by atoms with Crippen LogP contribution < -0.4 is 16.0 Å². The Labute approximate surface area is 190 Å². The topological polar surface area (TPSA) is 87.3 Å². The molecule has 0 bridgehead atoms. The third-order valence-electron chi connectivity index (χ3n) is 5.58. The maximum Gasteiger partial charge on any atom is 0.251 e. The Kier molecular flexibility index (Phi) is 7.02. The van der Waals surface area contributed by atoms with E-state index in [1.807, 2.05) is 26.0 Å². The van der Waals surface area contributed by atoms with Crippen molar-refractivity contribution in [3.63, 3.8) is 0 Å². The van der Waals surface area contributed by atoms with Crippen molar-refractivity contribution in [1.82, 2.24) is 10.6 Å². The second-order valence-electron chi connectivity index (χ2n) is 9.84. The molecule has 0 saturated heterocycles. The summed E-state index contributed by atoms with van der Waals surface area (Å²) in [6.45, 7) is 10.1. The molecule has 1 unspecified atom stereocenters. The molecule has 0 aromatic heterocycles. The van der Waals surface area contributed by atoms with Crippen LogP contribution in [0.4, 0.5) is 5.69 Å². The fourth-order valence-corrected chi connectivity index (χ4v) is 3.30. The molecule has 3 N–H and O–H groups in total. The Bertz CT molecular complexity index is 969. The fraction of sp³-hybridized carbons (Fsp3) is 0.423. The van der Waals surface area contributed by atoms with Crippen molar-refractivity contribution in [3.8, 4) is 0 Å². The monoisotopic (exact) mass is 435 g/mol. The number of rotatable bonds is 7. The van der Waals surface area contributed by atoms with Crippen LogP contribution in [0, 0.1) is 5.92 Å². The molecule has 6 nitrogen and oxygen atoms in total. The summed E-state index contributed by atoms with van der Waals surface area (Å²) in [6, 6.07) is 13.8. The minimum atomic E-state index is -0.692. The van der Waals surface area contributed by atoms with Crippen molar-refractivity contribution in [2.75, 3.05) is 5.32 Å². The SMILES string of the molecule is CC(C)C(NC(=O)c1ccc(C(C)(C)C)cc1)C(=O)Nc1ccc(C(=O)NC2CC2)cc1. The number of anilines is 1. The van der Waals surface area contributed by atoms with Gasteiger partial charge in [0, 0.05) is 22.9 Å². The van der Waals surface area contributed by atoms with Crippen LogP contribution in [0.5, 0.6) is 0 Å². The lowest BCUT2D eigenvalue weighted by Gasteiger charge is -2.22. The van der Waals surface area contributed by atoms with E-state index < -0.39 is 6.04 Å². The van der Waals surface area contributed by atoms with Gasteiger partial charge in [-0.05, 0) is 66.1 Å². The van der Waals surface area contributed by atoms with Crippen molar-refractivity contribution in [1.29, 1.82) is 0 Å². The van der Waals surface area contributed by atoms with Crippen molar-refractivity contribution < 1.29 is 14.4 Å². The van der Waals surface area contributed by atoms with Gasteiger partial charge in [-0.3, -0.25) is 14.4 Å². The van der Waals surface area contributed by atoms with Crippen LogP contribution >= 0.6 is 0 Å². The van der Waals surface area contributed by atoms with Crippen molar-refractivity contribution in [2.45, 2.75) is 65.0 Å². The van der Waals surface area contributed by atoms with E-state index in [0.29, 0.717) is 22.9 Å². The van der Waals surface area contributed by atoms with Gasteiger partial charge in [-0.25, -0.2) is 0 Å². The van der Waals surface area contributed by atoms with E-state index in [9.17, 15) is 14.4 Å². The highest BCUT2D eigenvalue weighted by Gasteiger charge is 2.26. The molecule has 0 spiro atoms. The summed E-state index contributed by atoms with van der Waals surface area (Å²) < 4.78 is 0. The van der Waals surface area contributed by atoms with Gasteiger partial charge in [0.1, 0.15) is 6.04 Å². The van der Waals surface area contributed by atoms with Gasteiger partial charge in [-0.2, -0.15) is 0 Å². The van der Waals surface area contributed by atoms with E-state index in [1.54, 1.807) is 36.4 Å². The van der Waals surface area contributed by atoms with Gasteiger partial charge in [0.15, 0.2) is 0 Å². The summed E-state index contributed by atoms with van der Waals surface area (Å²) in [7, 11) is 0. The molecule has 0 heterocycles. The van der Waals surface area contributed by atoms with E-state index in [2.05, 4.69) is 36.7 Å². The molecule has 3 amide bonds. The van der Waals surface area contributed by atoms with Gasteiger partial charge in [0.25, 0.3) is 11.8 Å². The number of benzene rings is 2. The second kappa shape index (κ2) is 9.55. The minimum Gasteiger partial charge on any atom is -0.349 e. The Morgan fingerprint density at radius 1 is 0.844 bits per heavy atom. The molecule has 0 radical (unpaired) electrons. The molecule has 6 heteroatoms. The Hall–Kier alpha value is -3.15. The predicted molar refractivity (Wildman–Crippen MR) is 127 cm³/mol. The normalized spacial score (nSPS) is 14.6. The lowest BCUT2D eigenvalue weighted by Crippen LogP contribution is -2.47. The van der Waals surface area contributed by atoms with Crippen LogP contribution in [0.15, 0.2) is 48.5 Å². The maximum absolute atomic E-state index is 12.9. The standard InChI is InChI=1S/C26H33N3O3/c1-16(2)22(29-24(31)17-6-10-19(11-7-17)26(3,4)5)25(32)28-20-12-8-18(9-13-20)23(30)27-21-14-15-21/h6-13,16,21-22H,14-15H2,1-5H3,(H,27,30)(H,28,32)(H,29,31). The van der Waals surface area contributed by atoms with Crippen LogP contribution in [0.1, 0.15) is 73.7 Å². The molecule has 1 saturated carbocycles. The largest absolute Gasteiger partial charge is 0.349 e. The number of nitrogens with one attached hydrogen (secondary N) is 3. The van der Waals surface area contributed by atoms with Gasteiger partial charge < -0.3 is 16.0 Å². The minimum absolute atomic E-state index is 0.00345. The highest BCUT2D eigenvalue weighted by Crippen LogP contribution is 2.22. The highest BCUT2D eigenvalue weighted by atomic mass is 16.2. The number of hydrogen-bond acceptors (Lipinski definition) is 3. The first-order valence-corrected chi connectivity index (χ1v) is 11.2. The molecule has 1 aliphatic rings. The first-order valence-electron chi connectivity index (χ1n) is 11.2. The maximum atomic E-state index is 12.9. The average Bonchev–Trinajstić information content (AvgIpc) is 3.55. The summed E-state index contributed by atoms with van der Waals surface area (Å²) in [5.41, 5.74) is 2.79. The quantitative estimate of drug-likeness (QED) is 0.607.